The molecule has 2 heterocycles. The Hall–Kier alpha value is -0.410. The quantitative estimate of drug-likeness (QED) is 0.702. The number of hydrogen-bond acceptors (Lipinski definition) is 3. The van der Waals surface area contributed by atoms with Crippen LogP contribution in [0.5, 0.6) is 0 Å². The van der Waals surface area contributed by atoms with Crippen molar-refractivity contribution in [3.8, 4) is 0 Å². The number of rotatable bonds is 4. The van der Waals surface area contributed by atoms with Crippen LogP contribution in [-0.4, -0.2) is 44.0 Å². The number of likely N-dealkylation sites (tertiary alicyclic amines) is 1. The van der Waals surface area contributed by atoms with Crippen LogP contribution in [0.2, 0.25) is 0 Å². The van der Waals surface area contributed by atoms with Gasteiger partial charge >= 0.3 is 0 Å². The molecule has 0 amide bonds. The van der Waals surface area contributed by atoms with Gasteiger partial charge in [-0.25, -0.2) is 0 Å². The highest BCUT2D eigenvalue weighted by Crippen LogP contribution is 2.31. The van der Waals surface area contributed by atoms with E-state index in [2.05, 4.69) is 18.7 Å². The molecule has 98 valence electrons. The van der Waals surface area contributed by atoms with Crippen molar-refractivity contribution in [1.82, 2.24) is 4.90 Å². The number of aldehydes is 1. The first kappa shape index (κ1) is 13.0. The number of hydrogen-bond donors (Lipinski definition) is 0. The molecule has 0 aromatic heterocycles. The maximum Gasteiger partial charge on any atom is 0.129 e. The summed E-state index contributed by atoms with van der Waals surface area (Å²) in [5.74, 6) is 1.57. The summed E-state index contributed by atoms with van der Waals surface area (Å²) in [6.07, 6.45) is 4.46. The molecule has 2 aliphatic heterocycles. The highest BCUT2D eigenvalue weighted by molar-refractivity contribution is 5.60. The molecular formula is C14H25NO2. The Morgan fingerprint density at radius 1 is 1.53 bits per heavy atom. The third kappa shape index (κ3) is 3.08. The van der Waals surface area contributed by atoms with Gasteiger partial charge in [-0.1, -0.05) is 13.8 Å². The molecule has 17 heavy (non-hydrogen) atoms. The lowest BCUT2D eigenvalue weighted by Gasteiger charge is -2.35. The lowest BCUT2D eigenvalue weighted by molar-refractivity contribution is -0.125. The van der Waals surface area contributed by atoms with Crippen LogP contribution in [0.4, 0.5) is 0 Å². The predicted molar refractivity (Wildman–Crippen MR) is 67.9 cm³/mol. The van der Waals surface area contributed by atoms with Crippen molar-refractivity contribution in [2.75, 3.05) is 32.8 Å². The van der Waals surface area contributed by atoms with Gasteiger partial charge in [-0.15, -0.1) is 0 Å². The summed E-state index contributed by atoms with van der Waals surface area (Å²) >= 11 is 0. The number of carbonyl (C=O) groups excluding carboxylic acids is 1. The average Bonchev–Trinajstić information content (AvgIpc) is 2.79. The van der Waals surface area contributed by atoms with Crippen molar-refractivity contribution in [3.63, 3.8) is 0 Å². The molecule has 0 aromatic carbocycles. The summed E-state index contributed by atoms with van der Waals surface area (Å²) in [4.78, 5) is 13.8. The molecule has 0 aliphatic carbocycles. The van der Waals surface area contributed by atoms with E-state index in [1.165, 1.54) is 6.42 Å². The zero-order valence-electron chi connectivity index (χ0n) is 11.2. The first-order valence-corrected chi connectivity index (χ1v) is 6.92. The van der Waals surface area contributed by atoms with Crippen LogP contribution in [0.1, 0.15) is 33.1 Å². The Morgan fingerprint density at radius 3 is 2.88 bits per heavy atom. The van der Waals surface area contributed by atoms with E-state index in [1.54, 1.807) is 0 Å². The SMILES string of the molecule is CC(C)C1CCN(CC2(C=O)CCCOC2)C1. The third-order valence-corrected chi connectivity index (χ3v) is 4.39. The topological polar surface area (TPSA) is 29.5 Å². The molecular weight excluding hydrogens is 214 g/mol. The minimum absolute atomic E-state index is 0.218. The van der Waals surface area contributed by atoms with Crippen LogP contribution < -0.4 is 0 Å². The van der Waals surface area contributed by atoms with Crippen molar-refractivity contribution < 1.29 is 9.53 Å². The van der Waals surface area contributed by atoms with E-state index < -0.39 is 0 Å². The molecule has 2 atom stereocenters. The summed E-state index contributed by atoms with van der Waals surface area (Å²) in [5, 5.41) is 0. The van der Waals surface area contributed by atoms with Gasteiger partial charge < -0.3 is 14.4 Å². The molecule has 0 aromatic rings. The molecule has 0 spiro atoms. The van der Waals surface area contributed by atoms with Crippen molar-refractivity contribution in [3.05, 3.63) is 0 Å². The average molecular weight is 239 g/mol. The monoisotopic (exact) mass is 239 g/mol. The Kier molecular flexibility index (Phi) is 4.21. The standard InChI is InChI=1S/C14H25NO2/c1-12(2)13-4-6-15(8-13)9-14(10-16)5-3-7-17-11-14/h10,12-13H,3-9,11H2,1-2H3. The van der Waals surface area contributed by atoms with E-state index in [0.717, 1.165) is 57.2 Å². The largest absolute Gasteiger partial charge is 0.380 e. The summed E-state index contributed by atoms with van der Waals surface area (Å²) in [6.45, 7) is 9.26. The van der Waals surface area contributed by atoms with Crippen LogP contribution in [-0.2, 0) is 9.53 Å². The van der Waals surface area contributed by atoms with E-state index in [0.29, 0.717) is 6.61 Å². The van der Waals surface area contributed by atoms with Gasteiger partial charge in [0, 0.05) is 19.7 Å². The fraction of sp³-hybridized carbons (Fsp3) is 0.929. The fourth-order valence-electron chi connectivity index (χ4n) is 3.12. The Morgan fingerprint density at radius 2 is 2.35 bits per heavy atom. The molecule has 0 N–H and O–H groups in total. The van der Waals surface area contributed by atoms with Crippen LogP contribution in [0.15, 0.2) is 0 Å². The van der Waals surface area contributed by atoms with Crippen LogP contribution in [0.3, 0.4) is 0 Å². The van der Waals surface area contributed by atoms with E-state index in [4.69, 9.17) is 4.74 Å². The highest BCUT2D eigenvalue weighted by atomic mass is 16.5. The Balaban J connectivity index is 1.89. The lowest BCUT2D eigenvalue weighted by atomic mass is 9.83. The van der Waals surface area contributed by atoms with Crippen LogP contribution in [0, 0.1) is 17.3 Å². The molecule has 2 aliphatic rings. The summed E-state index contributed by atoms with van der Waals surface area (Å²) < 4.78 is 5.50. The molecule has 3 heteroatoms. The zero-order valence-corrected chi connectivity index (χ0v) is 11.2. The minimum Gasteiger partial charge on any atom is -0.380 e. The van der Waals surface area contributed by atoms with Crippen molar-refractivity contribution in [1.29, 1.82) is 0 Å². The highest BCUT2D eigenvalue weighted by Gasteiger charge is 2.37. The van der Waals surface area contributed by atoms with Crippen molar-refractivity contribution >= 4 is 6.29 Å². The normalized spacial score (nSPS) is 35.4. The van der Waals surface area contributed by atoms with E-state index in [9.17, 15) is 4.79 Å². The Bertz CT molecular complexity index is 259. The molecule has 0 saturated carbocycles. The van der Waals surface area contributed by atoms with Gasteiger partial charge in [0.2, 0.25) is 0 Å². The number of nitrogens with zero attached hydrogens (tertiary/aromatic N) is 1. The fourth-order valence-corrected chi connectivity index (χ4v) is 3.12. The van der Waals surface area contributed by atoms with Gasteiger partial charge in [-0.2, -0.15) is 0 Å². The maximum atomic E-state index is 11.4. The second-order valence-corrected chi connectivity index (χ2v) is 6.16. The first-order valence-electron chi connectivity index (χ1n) is 6.92. The molecule has 0 radical (unpaired) electrons. The first-order chi connectivity index (χ1) is 8.15. The van der Waals surface area contributed by atoms with Crippen molar-refractivity contribution in [2.45, 2.75) is 33.1 Å². The second kappa shape index (κ2) is 5.49. The van der Waals surface area contributed by atoms with E-state index >= 15 is 0 Å². The van der Waals surface area contributed by atoms with Gasteiger partial charge in [-0.3, -0.25) is 0 Å². The molecule has 3 nitrogen and oxygen atoms in total. The molecule has 2 saturated heterocycles. The van der Waals surface area contributed by atoms with Crippen LogP contribution in [0.25, 0.3) is 0 Å². The van der Waals surface area contributed by atoms with E-state index in [1.807, 2.05) is 0 Å². The molecule has 0 bridgehead atoms. The van der Waals surface area contributed by atoms with Gasteiger partial charge in [0.1, 0.15) is 6.29 Å². The van der Waals surface area contributed by atoms with E-state index in [-0.39, 0.29) is 5.41 Å². The number of carbonyl (C=O) groups is 1. The number of ether oxygens (including phenoxy) is 1. The molecule has 2 unspecified atom stereocenters. The minimum atomic E-state index is -0.218. The zero-order chi connectivity index (χ0) is 12.3. The third-order valence-electron chi connectivity index (χ3n) is 4.39. The van der Waals surface area contributed by atoms with Gasteiger partial charge in [-0.05, 0) is 37.6 Å². The summed E-state index contributed by atoms with van der Waals surface area (Å²) in [6, 6.07) is 0. The van der Waals surface area contributed by atoms with Gasteiger partial charge in [0.25, 0.3) is 0 Å². The van der Waals surface area contributed by atoms with Gasteiger partial charge in [0.15, 0.2) is 0 Å². The van der Waals surface area contributed by atoms with Crippen LogP contribution >= 0.6 is 0 Å². The smallest absolute Gasteiger partial charge is 0.129 e. The second-order valence-electron chi connectivity index (χ2n) is 6.16. The molecule has 2 fully saturated rings. The lowest BCUT2D eigenvalue weighted by Crippen LogP contribution is -2.43. The predicted octanol–water partition coefficient (Wildman–Crippen LogP) is 1.96. The molecule has 2 rings (SSSR count). The summed E-state index contributed by atoms with van der Waals surface area (Å²) in [5.41, 5.74) is -0.218. The summed E-state index contributed by atoms with van der Waals surface area (Å²) in [7, 11) is 0. The Labute approximate surface area is 105 Å². The van der Waals surface area contributed by atoms with Gasteiger partial charge in [0.05, 0.1) is 12.0 Å². The van der Waals surface area contributed by atoms with Crippen molar-refractivity contribution in [2.24, 2.45) is 17.3 Å². The maximum absolute atomic E-state index is 11.4.